The molecule has 1 heterocycles. The van der Waals surface area contributed by atoms with Crippen LogP contribution in [-0.4, -0.2) is 26.4 Å². The standard InChI is InChI=1S/C25H28ClF3N4O2S/c1-14(2)17-6-9-19(10-7-17)35-16(5)23-31-32-24(33(23)15(3)4)36-13-22(34)30-21-11-8-18(26)12-20(21)25(27,28)29/h6-12,14-16H,13H2,1-5H3,(H,30,34). The van der Waals surface area contributed by atoms with E-state index in [1.807, 2.05) is 49.6 Å². The van der Waals surface area contributed by atoms with Crippen LogP contribution in [0.15, 0.2) is 47.6 Å². The number of ether oxygens (including phenoxy) is 1. The first-order valence-electron chi connectivity index (χ1n) is 11.4. The molecular weight excluding hydrogens is 513 g/mol. The highest BCUT2D eigenvalue weighted by molar-refractivity contribution is 7.99. The van der Waals surface area contributed by atoms with Gasteiger partial charge in [-0.1, -0.05) is 49.3 Å². The monoisotopic (exact) mass is 540 g/mol. The molecule has 0 spiro atoms. The van der Waals surface area contributed by atoms with Crippen LogP contribution in [0.25, 0.3) is 0 Å². The Balaban J connectivity index is 1.70. The largest absolute Gasteiger partial charge is 0.483 e. The first-order valence-corrected chi connectivity index (χ1v) is 12.7. The highest BCUT2D eigenvalue weighted by Crippen LogP contribution is 2.36. The molecule has 6 nitrogen and oxygen atoms in total. The lowest BCUT2D eigenvalue weighted by Gasteiger charge is -2.19. The van der Waals surface area contributed by atoms with Gasteiger partial charge in [0.15, 0.2) is 17.1 Å². The first kappa shape index (κ1) is 27.9. The van der Waals surface area contributed by atoms with Gasteiger partial charge in [0.05, 0.1) is 17.0 Å². The van der Waals surface area contributed by atoms with Crippen LogP contribution in [0.3, 0.4) is 0 Å². The lowest BCUT2D eigenvalue weighted by molar-refractivity contribution is -0.137. The summed E-state index contributed by atoms with van der Waals surface area (Å²) in [6, 6.07) is 11.0. The van der Waals surface area contributed by atoms with E-state index < -0.39 is 23.8 Å². The third-order valence-electron chi connectivity index (χ3n) is 5.32. The van der Waals surface area contributed by atoms with Gasteiger partial charge in [-0.05, 0) is 62.6 Å². The summed E-state index contributed by atoms with van der Waals surface area (Å²) in [7, 11) is 0. The fourth-order valence-electron chi connectivity index (χ4n) is 3.51. The summed E-state index contributed by atoms with van der Waals surface area (Å²) in [6.45, 7) is 10.00. The van der Waals surface area contributed by atoms with Gasteiger partial charge in [-0.25, -0.2) is 0 Å². The number of nitrogens with one attached hydrogen (secondary N) is 1. The summed E-state index contributed by atoms with van der Waals surface area (Å²) in [4.78, 5) is 12.5. The van der Waals surface area contributed by atoms with Gasteiger partial charge in [-0.3, -0.25) is 4.79 Å². The number of nitrogens with zero attached hydrogens (tertiary/aromatic N) is 3. The minimum absolute atomic E-state index is 0.0389. The van der Waals surface area contributed by atoms with E-state index in [2.05, 4.69) is 29.4 Å². The van der Waals surface area contributed by atoms with Crippen LogP contribution < -0.4 is 10.1 Å². The molecule has 1 aromatic heterocycles. The number of halogens is 4. The number of alkyl halides is 3. The third kappa shape index (κ3) is 6.94. The summed E-state index contributed by atoms with van der Waals surface area (Å²) in [5, 5.41) is 11.2. The molecule has 0 aliphatic heterocycles. The number of aromatic nitrogens is 3. The molecule has 11 heteroatoms. The number of hydrogen-bond donors (Lipinski definition) is 1. The zero-order chi connectivity index (χ0) is 26.6. The van der Waals surface area contributed by atoms with E-state index >= 15 is 0 Å². The van der Waals surface area contributed by atoms with Crippen molar-refractivity contribution in [2.45, 2.75) is 64.0 Å². The molecular formula is C25H28ClF3N4O2S. The minimum Gasteiger partial charge on any atom is -0.483 e. The number of rotatable bonds is 9. The van der Waals surface area contributed by atoms with Gasteiger partial charge in [0.25, 0.3) is 0 Å². The average molecular weight is 541 g/mol. The molecule has 0 aliphatic carbocycles. The molecule has 1 amide bonds. The predicted molar refractivity (Wildman–Crippen MR) is 136 cm³/mol. The molecule has 0 fully saturated rings. The Morgan fingerprint density at radius 1 is 1.08 bits per heavy atom. The zero-order valence-electron chi connectivity index (χ0n) is 20.6. The molecule has 3 rings (SSSR count). The highest BCUT2D eigenvalue weighted by Gasteiger charge is 2.34. The molecule has 0 saturated carbocycles. The molecule has 1 atom stereocenters. The lowest BCUT2D eigenvalue weighted by atomic mass is 10.0. The van der Waals surface area contributed by atoms with Gasteiger partial charge in [0.2, 0.25) is 5.91 Å². The lowest BCUT2D eigenvalue weighted by Crippen LogP contribution is -2.19. The summed E-state index contributed by atoms with van der Waals surface area (Å²) in [5.74, 6) is 0.927. The Morgan fingerprint density at radius 3 is 2.33 bits per heavy atom. The van der Waals surface area contributed by atoms with Crippen LogP contribution >= 0.6 is 23.4 Å². The van der Waals surface area contributed by atoms with Gasteiger partial charge in [-0.2, -0.15) is 13.2 Å². The van der Waals surface area contributed by atoms with Crippen molar-refractivity contribution in [1.82, 2.24) is 14.8 Å². The average Bonchev–Trinajstić information content (AvgIpc) is 3.23. The molecule has 0 bridgehead atoms. The van der Waals surface area contributed by atoms with Gasteiger partial charge >= 0.3 is 6.18 Å². The fraction of sp³-hybridized carbons (Fsp3) is 0.400. The minimum atomic E-state index is -4.65. The second kappa shape index (κ2) is 11.6. The van der Waals surface area contributed by atoms with Crippen molar-refractivity contribution in [3.8, 4) is 5.75 Å². The van der Waals surface area contributed by atoms with Crippen molar-refractivity contribution in [3.05, 3.63) is 64.4 Å². The summed E-state index contributed by atoms with van der Waals surface area (Å²) < 4.78 is 47.9. The number of anilines is 1. The Kier molecular flexibility index (Phi) is 8.94. The fourth-order valence-corrected chi connectivity index (χ4v) is 4.56. The van der Waals surface area contributed by atoms with E-state index in [4.69, 9.17) is 16.3 Å². The molecule has 1 unspecified atom stereocenters. The van der Waals surface area contributed by atoms with Crippen LogP contribution in [0.1, 0.15) is 69.6 Å². The maximum Gasteiger partial charge on any atom is 0.418 e. The van der Waals surface area contributed by atoms with E-state index in [0.29, 0.717) is 22.6 Å². The number of benzene rings is 2. The van der Waals surface area contributed by atoms with Crippen molar-refractivity contribution in [1.29, 1.82) is 0 Å². The van der Waals surface area contributed by atoms with Crippen molar-refractivity contribution in [3.63, 3.8) is 0 Å². The molecule has 194 valence electrons. The van der Waals surface area contributed by atoms with Crippen LogP contribution in [-0.2, 0) is 11.0 Å². The summed E-state index contributed by atoms with van der Waals surface area (Å²) >= 11 is 6.78. The van der Waals surface area contributed by atoms with Crippen LogP contribution in [0.4, 0.5) is 18.9 Å². The van der Waals surface area contributed by atoms with Crippen molar-refractivity contribution >= 4 is 35.0 Å². The van der Waals surface area contributed by atoms with E-state index in [1.54, 1.807) is 0 Å². The molecule has 1 N–H and O–H groups in total. The van der Waals surface area contributed by atoms with E-state index in [9.17, 15) is 18.0 Å². The summed E-state index contributed by atoms with van der Waals surface area (Å²) in [5.41, 5.74) is -0.152. The van der Waals surface area contributed by atoms with Gasteiger partial charge in [0, 0.05) is 11.1 Å². The second-order valence-electron chi connectivity index (χ2n) is 8.81. The van der Waals surface area contributed by atoms with Crippen LogP contribution in [0, 0.1) is 0 Å². The molecule has 0 saturated heterocycles. The van der Waals surface area contributed by atoms with Crippen molar-refractivity contribution in [2.24, 2.45) is 0 Å². The van der Waals surface area contributed by atoms with E-state index in [1.165, 1.54) is 11.6 Å². The Bertz CT molecular complexity index is 1200. The first-order chi connectivity index (χ1) is 16.9. The number of amides is 1. The predicted octanol–water partition coefficient (Wildman–Crippen LogP) is 7.53. The van der Waals surface area contributed by atoms with Gasteiger partial charge in [-0.15, -0.1) is 10.2 Å². The smallest absolute Gasteiger partial charge is 0.418 e. The Labute approximate surface area is 217 Å². The normalized spacial score (nSPS) is 12.8. The third-order valence-corrected chi connectivity index (χ3v) is 6.50. The molecule has 3 aromatic rings. The number of thioether (sulfide) groups is 1. The maximum atomic E-state index is 13.3. The molecule has 0 aliphatic rings. The SMILES string of the molecule is CC(C)c1ccc(OC(C)c2nnc(SCC(=O)Nc3ccc(Cl)cc3C(F)(F)F)n2C(C)C)cc1. The highest BCUT2D eigenvalue weighted by atomic mass is 35.5. The molecule has 2 aromatic carbocycles. The molecule has 36 heavy (non-hydrogen) atoms. The van der Waals surface area contributed by atoms with E-state index in [0.717, 1.165) is 23.9 Å². The Morgan fingerprint density at radius 2 is 1.75 bits per heavy atom. The van der Waals surface area contributed by atoms with Gasteiger partial charge in [0.1, 0.15) is 5.75 Å². The quantitative estimate of drug-likeness (QED) is 0.284. The zero-order valence-corrected chi connectivity index (χ0v) is 22.1. The topological polar surface area (TPSA) is 69.0 Å². The van der Waals surface area contributed by atoms with Crippen molar-refractivity contribution < 1.29 is 22.7 Å². The van der Waals surface area contributed by atoms with Crippen molar-refractivity contribution in [2.75, 3.05) is 11.1 Å². The summed E-state index contributed by atoms with van der Waals surface area (Å²) in [6.07, 6.45) is -5.07. The van der Waals surface area contributed by atoms with Crippen LogP contribution in [0.2, 0.25) is 5.02 Å². The van der Waals surface area contributed by atoms with E-state index in [-0.39, 0.29) is 22.5 Å². The number of carbonyl (C=O) groups is 1. The second-order valence-corrected chi connectivity index (χ2v) is 10.2. The van der Waals surface area contributed by atoms with Gasteiger partial charge < -0.3 is 14.6 Å². The maximum absolute atomic E-state index is 13.3. The molecule has 0 radical (unpaired) electrons. The Hall–Kier alpha value is -2.72. The number of hydrogen-bond acceptors (Lipinski definition) is 5. The van der Waals surface area contributed by atoms with Crippen LogP contribution in [0.5, 0.6) is 5.75 Å². The number of carbonyl (C=O) groups excluding carboxylic acids is 1.